The van der Waals surface area contributed by atoms with Gasteiger partial charge < -0.3 is 10.1 Å². The number of fused-ring (bicyclic) bond motifs is 8. The molecular weight excluding hydrogens is 685 g/mol. The third-order valence-electron chi connectivity index (χ3n) is 11.9. The molecule has 0 saturated carbocycles. The quantitative estimate of drug-likeness (QED) is 0.192. The van der Waals surface area contributed by atoms with Crippen LogP contribution in [0.4, 0.5) is 0 Å². The first-order valence-electron chi connectivity index (χ1n) is 19.4. The zero-order valence-corrected chi connectivity index (χ0v) is 31.1. The van der Waals surface area contributed by atoms with E-state index in [4.69, 9.17) is 19.7 Å². The van der Waals surface area contributed by atoms with Crippen LogP contribution in [0.3, 0.4) is 0 Å². The average molecular weight is 723 g/mol. The molecule has 3 heterocycles. The highest BCUT2D eigenvalue weighted by Crippen LogP contribution is 2.49. The van der Waals surface area contributed by atoms with Crippen molar-refractivity contribution in [3.63, 3.8) is 0 Å². The van der Waals surface area contributed by atoms with Crippen LogP contribution < -0.4 is 10.1 Å². The first kappa shape index (κ1) is 32.6. The fourth-order valence-electron chi connectivity index (χ4n) is 9.02. The molecule has 5 heteroatoms. The molecule has 0 fully saturated rings. The molecule has 0 radical (unpaired) electrons. The molecular formula is C51H38N4O. The summed E-state index contributed by atoms with van der Waals surface area (Å²) < 4.78 is 6.41. The van der Waals surface area contributed by atoms with Crippen molar-refractivity contribution in [2.45, 2.75) is 37.5 Å². The molecule has 0 bridgehead atoms. The smallest absolute Gasteiger partial charge is 0.219 e. The van der Waals surface area contributed by atoms with Crippen molar-refractivity contribution in [3.05, 3.63) is 203 Å². The first-order chi connectivity index (χ1) is 27.5. The molecule has 0 amide bonds. The lowest BCUT2D eigenvalue weighted by molar-refractivity contribution is 0.261. The molecule has 2 aliphatic heterocycles. The molecule has 5 nitrogen and oxygen atoms in total. The number of aromatic nitrogens is 1. The fourth-order valence-corrected chi connectivity index (χ4v) is 9.02. The summed E-state index contributed by atoms with van der Waals surface area (Å²) >= 11 is 0. The number of pyridine rings is 1. The minimum absolute atomic E-state index is 0.0250. The number of nitrogens with one attached hydrogen (secondary N) is 1. The van der Waals surface area contributed by atoms with Crippen LogP contribution in [0.2, 0.25) is 0 Å². The van der Waals surface area contributed by atoms with E-state index >= 15 is 0 Å². The van der Waals surface area contributed by atoms with Gasteiger partial charge in [-0.05, 0) is 62.5 Å². The van der Waals surface area contributed by atoms with E-state index in [-0.39, 0.29) is 17.4 Å². The number of benzene rings is 6. The van der Waals surface area contributed by atoms with E-state index in [2.05, 4.69) is 183 Å². The maximum atomic E-state index is 6.41. The van der Waals surface area contributed by atoms with Crippen LogP contribution in [0.25, 0.3) is 44.3 Å². The Labute approximate surface area is 326 Å². The Bertz CT molecular complexity index is 2850. The van der Waals surface area contributed by atoms with Crippen LogP contribution in [-0.2, 0) is 5.41 Å². The van der Waals surface area contributed by atoms with Gasteiger partial charge >= 0.3 is 0 Å². The summed E-state index contributed by atoms with van der Waals surface area (Å²) in [5, 5.41) is 5.98. The highest BCUT2D eigenvalue weighted by atomic mass is 16.5. The number of hydrogen-bond acceptors (Lipinski definition) is 5. The standard InChI is InChI=1S/C51H38N4O/c1-51(2)42-21-10-8-17-37(42)38-28-27-36(30-43(38)51)49-54-47(53-48(55-49)35-16-12-15-34(29-35)31-13-4-3-5-14-31)33-25-23-32(24-26-33)46-40-19-7-6-18-39(40)45-41-20-9-11-22-44(41)56-50(45)52-46/h3-30,41,44,47H,1-2H3,(H,53,54,55). The molecule has 268 valence electrons. The van der Waals surface area contributed by atoms with Gasteiger partial charge in [0.25, 0.3) is 0 Å². The first-order valence-corrected chi connectivity index (χ1v) is 19.4. The number of ether oxygens (including phenoxy) is 1. The van der Waals surface area contributed by atoms with Gasteiger partial charge in [0.2, 0.25) is 5.88 Å². The molecule has 11 rings (SSSR count). The van der Waals surface area contributed by atoms with Crippen molar-refractivity contribution in [1.29, 1.82) is 0 Å². The summed E-state index contributed by atoms with van der Waals surface area (Å²) in [6.07, 6.45) is 8.03. The van der Waals surface area contributed by atoms with Crippen LogP contribution in [-0.4, -0.2) is 22.8 Å². The third-order valence-corrected chi connectivity index (χ3v) is 11.9. The van der Waals surface area contributed by atoms with Crippen LogP contribution in [0, 0.1) is 0 Å². The van der Waals surface area contributed by atoms with Gasteiger partial charge in [-0.1, -0.05) is 166 Å². The van der Waals surface area contributed by atoms with Gasteiger partial charge in [0, 0.05) is 39.0 Å². The van der Waals surface area contributed by atoms with Crippen molar-refractivity contribution >= 4 is 22.4 Å². The second-order valence-corrected chi connectivity index (χ2v) is 15.6. The summed E-state index contributed by atoms with van der Waals surface area (Å²) in [5.41, 5.74) is 13.6. The highest BCUT2D eigenvalue weighted by molar-refractivity contribution is 6.16. The average Bonchev–Trinajstić information content (AvgIpc) is 3.75. The van der Waals surface area contributed by atoms with E-state index in [1.165, 1.54) is 33.2 Å². The number of nitrogens with zero attached hydrogens (tertiary/aromatic N) is 3. The van der Waals surface area contributed by atoms with Crippen LogP contribution in [0.15, 0.2) is 180 Å². The van der Waals surface area contributed by atoms with E-state index in [0.29, 0.717) is 5.88 Å². The number of allylic oxidation sites excluding steroid dienone is 2. The maximum Gasteiger partial charge on any atom is 0.219 e. The molecule has 0 saturated heterocycles. The normalized spacial score (nSPS) is 19.6. The summed E-state index contributed by atoms with van der Waals surface area (Å²) in [4.78, 5) is 15.7. The Kier molecular flexibility index (Phi) is 7.33. The lowest BCUT2D eigenvalue weighted by Crippen LogP contribution is -2.36. The Balaban J connectivity index is 0.999. The Morgan fingerprint density at radius 2 is 1.21 bits per heavy atom. The van der Waals surface area contributed by atoms with Crippen molar-refractivity contribution in [3.8, 4) is 39.4 Å². The van der Waals surface area contributed by atoms with E-state index in [0.717, 1.165) is 56.1 Å². The number of hydrogen-bond donors (Lipinski definition) is 1. The zero-order chi connectivity index (χ0) is 37.4. The Morgan fingerprint density at radius 1 is 0.554 bits per heavy atom. The number of amidine groups is 2. The van der Waals surface area contributed by atoms with Crippen molar-refractivity contribution in [2.75, 3.05) is 0 Å². The SMILES string of the molecule is CC1(C)c2ccccc2-c2ccc(C3=NC(c4ccc(-c5nc6c(c7ccccc57)C5C=CC=CC5O6)cc4)N=C(c4cccc(-c5ccccc5)c4)N3)cc21. The lowest BCUT2D eigenvalue weighted by atomic mass is 9.82. The van der Waals surface area contributed by atoms with E-state index in [1.54, 1.807) is 0 Å². The molecule has 56 heavy (non-hydrogen) atoms. The van der Waals surface area contributed by atoms with Crippen LogP contribution in [0.5, 0.6) is 5.88 Å². The molecule has 6 aromatic carbocycles. The van der Waals surface area contributed by atoms with E-state index < -0.39 is 6.17 Å². The molecule has 0 spiro atoms. The second-order valence-electron chi connectivity index (χ2n) is 15.6. The van der Waals surface area contributed by atoms with Crippen LogP contribution in [0.1, 0.15) is 59.3 Å². The van der Waals surface area contributed by atoms with Gasteiger partial charge in [-0.25, -0.2) is 15.0 Å². The minimum atomic E-state index is -0.455. The largest absolute Gasteiger partial charge is 0.469 e. The predicted octanol–water partition coefficient (Wildman–Crippen LogP) is 11.3. The van der Waals surface area contributed by atoms with E-state index in [1.807, 2.05) is 6.07 Å². The van der Waals surface area contributed by atoms with Gasteiger partial charge in [0.05, 0.1) is 5.69 Å². The predicted molar refractivity (Wildman–Crippen MR) is 227 cm³/mol. The molecule has 2 aliphatic carbocycles. The number of aliphatic imine (C=N–C) groups is 2. The Hall–Kier alpha value is -6.85. The minimum Gasteiger partial charge on any atom is -0.469 e. The van der Waals surface area contributed by atoms with Crippen molar-refractivity contribution in [1.82, 2.24) is 10.3 Å². The number of rotatable bonds is 5. The molecule has 3 atom stereocenters. The lowest BCUT2D eigenvalue weighted by Gasteiger charge is -2.25. The maximum absolute atomic E-state index is 6.41. The molecule has 7 aromatic rings. The fraction of sp³-hybridized carbons (Fsp3) is 0.118. The monoisotopic (exact) mass is 722 g/mol. The summed E-state index contributed by atoms with van der Waals surface area (Å²) in [7, 11) is 0. The molecule has 3 unspecified atom stereocenters. The van der Waals surface area contributed by atoms with Crippen molar-refractivity contribution < 1.29 is 4.74 Å². The van der Waals surface area contributed by atoms with Gasteiger partial charge in [0.15, 0.2) is 6.17 Å². The highest BCUT2D eigenvalue weighted by Gasteiger charge is 2.37. The molecule has 1 aromatic heterocycles. The van der Waals surface area contributed by atoms with Gasteiger partial charge in [-0.2, -0.15) is 0 Å². The Morgan fingerprint density at radius 3 is 2.05 bits per heavy atom. The van der Waals surface area contributed by atoms with Crippen molar-refractivity contribution in [2.24, 2.45) is 9.98 Å². The summed E-state index contributed by atoms with van der Waals surface area (Å²) in [6, 6.07) is 51.7. The topological polar surface area (TPSA) is 58.9 Å². The summed E-state index contributed by atoms with van der Waals surface area (Å²) in [6.45, 7) is 4.63. The van der Waals surface area contributed by atoms with Gasteiger partial charge in [-0.15, -0.1) is 0 Å². The molecule has 1 N–H and O–H groups in total. The molecule has 4 aliphatic rings. The van der Waals surface area contributed by atoms with Gasteiger partial charge in [-0.3, -0.25) is 0 Å². The zero-order valence-electron chi connectivity index (χ0n) is 31.1. The summed E-state index contributed by atoms with van der Waals surface area (Å²) in [5.74, 6) is 2.48. The van der Waals surface area contributed by atoms with E-state index in [9.17, 15) is 0 Å². The third kappa shape index (κ3) is 5.19. The van der Waals surface area contributed by atoms with Gasteiger partial charge in [0.1, 0.15) is 17.8 Å². The second kappa shape index (κ2) is 12.6. The van der Waals surface area contributed by atoms with Crippen LogP contribution >= 0.6 is 0 Å².